The molecule has 1 saturated carbocycles. The molecule has 1 aromatic rings. The number of rotatable bonds is 5. The smallest absolute Gasteiger partial charge is 0.228 e. The fourth-order valence-corrected chi connectivity index (χ4v) is 3.32. The van der Waals surface area contributed by atoms with Crippen molar-refractivity contribution in [1.82, 2.24) is 15.5 Å². The lowest BCUT2D eigenvalue weighted by Crippen LogP contribution is -2.28. The van der Waals surface area contributed by atoms with Crippen LogP contribution < -0.4 is 5.32 Å². The van der Waals surface area contributed by atoms with Crippen LogP contribution in [0.2, 0.25) is 0 Å². The van der Waals surface area contributed by atoms with E-state index in [1.807, 2.05) is 6.92 Å². The molecule has 2 aliphatic rings. The summed E-state index contributed by atoms with van der Waals surface area (Å²) in [6.07, 6.45) is 7.70. The van der Waals surface area contributed by atoms with Crippen LogP contribution in [0.5, 0.6) is 0 Å². The molecule has 3 rings (SSSR count). The normalized spacial score (nSPS) is 26.1. The lowest BCUT2D eigenvalue weighted by Gasteiger charge is -2.24. The molecule has 2 heterocycles. The minimum absolute atomic E-state index is 0.278. The SMILES string of the molecule is CCOC1(c2noc(CC3CCCN3)n2)CCCC1. The molecular formula is C14H23N3O2. The van der Waals surface area contributed by atoms with Gasteiger partial charge in [0.25, 0.3) is 0 Å². The van der Waals surface area contributed by atoms with E-state index in [1.165, 1.54) is 25.7 Å². The first kappa shape index (κ1) is 13.1. The van der Waals surface area contributed by atoms with Gasteiger partial charge in [-0.1, -0.05) is 5.16 Å². The highest BCUT2D eigenvalue weighted by atomic mass is 16.5. The van der Waals surface area contributed by atoms with E-state index in [4.69, 9.17) is 9.26 Å². The molecule has 0 aromatic carbocycles. The second-order valence-corrected chi connectivity index (χ2v) is 5.64. The molecule has 1 atom stereocenters. The Morgan fingerprint density at radius 1 is 1.37 bits per heavy atom. The third-order valence-electron chi connectivity index (χ3n) is 4.29. The number of hydrogen-bond donors (Lipinski definition) is 1. The molecule has 5 heteroatoms. The largest absolute Gasteiger partial charge is 0.367 e. The summed E-state index contributed by atoms with van der Waals surface area (Å²) in [5, 5.41) is 7.65. The standard InChI is InChI=1S/C14H23N3O2/c1-2-18-14(7-3-4-8-14)13-16-12(19-17-13)10-11-6-5-9-15-11/h11,15H,2-10H2,1H3. The Balaban J connectivity index is 1.71. The Hall–Kier alpha value is -0.940. The fourth-order valence-electron chi connectivity index (χ4n) is 3.32. The monoisotopic (exact) mass is 265 g/mol. The highest BCUT2D eigenvalue weighted by Gasteiger charge is 2.40. The van der Waals surface area contributed by atoms with Crippen LogP contribution in [0.4, 0.5) is 0 Å². The van der Waals surface area contributed by atoms with Gasteiger partial charge in [-0.15, -0.1) is 0 Å². The van der Waals surface area contributed by atoms with Gasteiger partial charge in [0.2, 0.25) is 11.7 Å². The van der Waals surface area contributed by atoms with Gasteiger partial charge in [0.15, 0.2) is 0 Å². The molecule has 0 spiro atoms. The summed E-state index contributed by atoms with van der Waals surface area (Å²) in [6, 6.07) is 0.500. The minimum Gasteiger partial charge on any atom is -0.367 e. The summed E-state index contributed by atoms with van der Waals surface area (Å²) >= 11 is 0. The molecule has 1 aromatic heterocycles. The summed E-state index contributed by atoms with van der Waals surface area (Å²) in [7, 11) is 0. The molecule has 1 N–H and O–H groups in total. The van der Waals surface area contributed by atoms with Gasteiger partial charge in [0, 0.05) is 19.1 Å². The Kier molecular flexibility index (Phi) is 3.84. The van der Waals surface area contributed by atoms with E-state index in [0.717, 1.165) is 37.5 Å². The lowest BCUT2D eigenvalue weighted by molar-refractivity contribution is -0.0469. The Morgan fingerprint density at radius 2 is 2.21 bits per heavy atom. The van der Waals surface area contributed by atoms with Crippen LogP contribution in [-0.2, 0) is 16.8 Å². The maximum Gasteiger partial charge on any atom is 0.228 e. The van der Waals surface area contributed by atoms with Crippen LogP contribution >= 0.6 is 0 Å². The third kappa shape index (κ3) is 2.67. The molecule has 1 aliphatic heterocycles. The van der Waals surface area contributed by atoms with Gasteiger partial charge < -0.3 is 14.6 Å². The topological polar surface area (TPSA) is 60.2 Å². The summed E-state index contributed by atoms with van der Waals surface area (Å²) in [4.78, 5) is 4.60. The van der Waals surface area contributed by atoms with Gasteiger partial charge in [-0.25, -0.2) is 0 Å². The van der Waals surface area contributed by atoms with E-state index in [1.54, 1.807) is 0 Å². The number of nitrogens with zero attached hydrogens (tertiary/aromatic N) is 2. The quantitative estimate of drug-likeness (QED) is 0.884. The Labute approximate surface area is 114 Å². The predicted molar refractivity (Wildman–Crippen MR) is 70.8 cm³/mol. The van der Waals surface area contributed by atoms with Crippen molar-refractivity contribution in [3.8, 4) is 0 Å². The van der Waals surface area contributed by atoms with Crippen molar-refractivity contribution in [2.75, 3.05) is 13.2 Å². The maximum atomic E-state index is 5.96. The van der Waals surface area contributed by atoms with Crippen molar-refractivity contribution in [1.29, 1.82) is 0 Å². The molecule has 0 radical (unpaired) electrons. The lowest BCUT2D eigenvalue weighted by atomic mass is 10.0. The zero-order valence-electron chi connectivity index (χ0n) is 11.7. The molecule has 0 bridgehead atoms. The highest BCUT2D eigenvalue weighted by molar-refractivity contribution is 5.05. The van der Waals surface area contributed by atoms with Gasteiger partial charge in [-0.2, -0.15) is 4.98 Å². The van der Waals surface area contributed by atoms with E-state index in [2.05, 4.69) is 15.5 Å². The summed E-state index contributed by atoms with van der Waals surface area (Å²) in [5.74, 6) is 1.51. The van der Waals surface area contributed by atoms with Gasteiger partial charge in [-0.3, -0.25) is 0 Å². The van der Waals surface area contributed by atoms with E-state index in [9.17, 15) is 0 Å². The molecule has 19 heavy (non-hydrogen) atoms. The number of aromatic nitrogens is 2. The first-order valence-electron chi connectivity index (χ1n) is 7.53. The van der Waals surface area contributed by atoms with Crippen molar-refractivity contribution >= 4 is 0 Å². The van der Waals surface area contributed by atoms with E-state index in [0.29, 0.717) is 12.6 Å². The second kappa shape index (κ2) is 5.59. The first-order chi connectivity index (χ1) is 9.32. The van der Waals surface area contributed by atoms with E-state index < -0.39 is 0 Å². The molecular weight excluding hydrogens is 242 g/mol. The van der Waals surface area contributed by atoms with Crippen LogP contribution in [-0.4, -0.2) is 29.3 Å². The fraction of sp³-hybridized carbons (Fsp3) is 0.857. The molecule has 106 valence electrons. The van der Waals surface area contributed by atoms with Crippen LogP contribution in [0, 0.1) is 0 Å². The Bertz CT molecular complexity index is 407. The average Bonchev–Trinajstić information content (AvgIpc) is 3.11. The van der Waals surface area contributed by atoms with Crippen molar-refractivity contribution in [3.05, 3.63) is 11.7 Å². The van der Waals surface area contributed by atoms with Crippen LogP contribution in [0.1, 0.15) is 57.2 Å². The number of hydrogen-bond acceptors (Lipinski definition) is 5. The minimum atomic E-state index is -0.278. The molecule has 1 aliphatic carbocycles. The van der Waals surface area contributed by atoms with Crippen LogP contribution in [0.3, 0.4) is 0 Å². The molecule has 5 nitrogen and oxygen atoms in total. The van der Waals surface area contributed by atoms with Crippen molar-refractivity contribution in [2.45, 2.75) is 63.5 Å². The molecule has 1 unspecified atom stereocenters. The molecule has 1 saturated heterocycles. The number of ether oxygens (including phenoxy) is 1. The van der Waals surface area contributed by atoms with E-state index in [-0.39, 0.29) is 5.60 Å². The van der Waals surface area contributed by atoms with Crippen molar-refractivity contribution < 1.29 is 9.26 Å². The van der Waals surface area contributed by atoms with Gasteiger partial charge in [0.05, 0.1) is 0 Å². The molecule has 2 fully saturated rings. The average molecular weight is 265 g/mol. The first-order valence-corrected chi connectivity index (χ1v) is 7.53. The number of nitrogens with one attached hydrogen (secondary N) is 1. The third-order valence-corrected chi connectivity index (χ3v) is 4.29. The van der Waals surface area contributed by atoms with Gasteiger partial charge in [0.1, 0.15) is 5.60 Å². The van der Waals surface area contributed by atoms with Crippen LogP contribution in [0.25, 0.3) is 0 Å². The zero-order chi connectivity index (χ0) is 13.1. The highest BCUT2D eigenvalue weighted by Crippen LogP contribution is 2.40. The summed E-state index contributed by atoms with van der Waals surface area (Å²) in [6.45, 7) is 3.84. The summed E-state index contributed by atoms with van der Waals surface area (Å²) < 4.78 is 11.4. The molecule has 0 amide bonds. The zero-order valence-corrected chi connectivity index (χ0v) is 11.7. The van der Waals surface area contributed by atoms with Gasteiger partial charge in [-0.05, 0) is 52.0 Å². The second-order valence-electron chi connectivity index (χ2n) is 5.64. The maximum absolute atomic E-state index is 5.96. The summed E-state index contributed by atoms with van der Waals surface area (Å²) in [5.41, 5.74) is -0.278. The van der Waals surface area contributed by atoms with Crippen LogP contribution in [0.15, 0.2) is 4.52 Å². The van der Waals surface area contributed by atoms with Crippen molar-refractivity contribution in [3.63, 3.8) is 0 Å². The van der Waals surface area contributed by atoms with E-state index >= 15 is 0 Å². The van der Waals surface area contributed by atoms with Gasteiger partial charge >= 0.3 is 0 Å². The van der Waals surface area contributed by atoms with Crippen molar-refractivity contribution in [2.24, 2.45) is 0 Å². The Morgan fingerprint density at radius 3 is 2.89 bits per heavy atom. The predicted octanol–water partition coefficient (Wildman–Crippen LogP) is 2.17.